The lowest BCUT2D eigenvalue weighted by Crippen LogP contribution is -1.96. The molecule has 0 heterocycles. The molecule has 3 nitrogen and oxygen atoms in total. The van der Waals surface area contributed by atoms with Crippen LogP contribution in [0.3, 0.4) is 0 Å². The molecule has 1 unspecified atom stereocenters. The topological polar surface area (TPSA) is 38.7 Å². The van der Waals surface area contributed by atoms with Crippen LogP contribution in [0, 0.1) is 0 Å². The van der Waals surface area contributed by atoms with Gasteiger partial charge >= 0.3 is 0 Å². The number of hydrogen-bond acceptors (Lipinski definition) is 3. The molecule has 0 aliphatic rings. The highest BCUT2D eigenvalue weighted by Crippen LogP contribution is 2.32. The van der Waals surface area contributed by atoms with E-state index in [-0.39, 0.29) is 0 Å². The van der Waals surface area contributed by atoms with Crippen molar-refractivity contribution in [1.29, 1.82) is 0 Å². The van der Waals surface area contributed by atoms with E-state index in [2.05, 4.69) is 15.9 Å². The molecule has 0 saturated heterocycles. The van der Waals surface area contributed by atoms with Gasteiger partial charge in [0.1, 0.15) is 17.2 Å². The standard InChI is InChI=1S/C16H17BrO3/c1-3-19-13-5-7-14(8-6-13)20-16-10-12(17)4-9-15(16)11(2)18/h4-11,18H,3H2,1-2H3. The molecule has 0 bridgehead atoms. The van der Waals surface area contributed by atoms with Crippen molar-refractivity contribution in [2.45, 2.75) is 20.0 Å². The summed E-state index contributed by atoms with van der Waals surface area (Å²) in [4.78, 5) is 0. The van der Waals surface area contributed by atoms with Gasteiger partial charge in [-0.25, -0.2) is 0 Å². The Morgan fingerprint density at radius 1 is 1.10 bits per heavy atom. The molecule has 4 heteroatoms. The molecule has 0 saturated carbocycles. The van der Waals surface area contributed by atoms with E-state index in [0.717, 1.165) is 15.8 Å². The van der Waals surface area contributed by atoms with Crippen LogP contribution >= 0.6 is 15.9 Å². The zero-order valence-corrected chi connectivity index (χ0v) is 13.1. The van der Waals surface area contributed by atoms with Gasteiger partial charge in [0.15, 0.2) is 0 Å². The molecule has 0 aliphatic carbocycles. The van der Waals surface area contributed by atoms with E-state index >= 15 is 0 Å². The summed E-state index contributed by atoms with van der Waals surface area (Å²) in [5, 5.41) is 9.77. The van der Waals surface area contributed by atoms with Gasteiger partial charge in [0.25, 0.3) is 0 Å². The Labute approximate surface area is 127 Å². The van der Waals surface area contributed by atoms with Gasteiger partial charge in [0.05, 0.1) is 12.7 Å². The van der Waals surface area contributed by atoms with E-state index in [4.69, 9.17) is 9.47 Å². The van der Waals surface area contributed by atoms with Crippen molar-refractivity contribution in [3.05, 3.63) is 52.5 Å². The zero-order valence-electron chi connectivity index (χ0n) is 11.5. The third-order valence-corrected chi connectivity index (χ3v) is 3.28. The average molecular weight is 337 g/mol. The van der Waals surface area contributed by atoms with Crippen LogP contribution in [0.1, 0.15) is 25.5 Å². The lowest BCUT2D eigenvalue weighted by Gasteiger charge is -2.14. The monoisotopic (exact) mass is 336 g/mol. The zero-order chi connectivity index (χ0) is 14.5. The third kappa shape index (κ3) is 3.74. The number of aliphatic hydroxyl groups is 1. The van der Waals surface area contributed by atoms with Crippen LogP contribution in [-0.2, 0) is 0 Å². The third-order valence-electron chi connectivity index (χ3n) is 2.79. The first kappa shape index (κ1) is 14.9. The van der Waals surface area contributed by atoms with Crippen LogP contribution in [0.4, 0.5) is 0 Å². The van der Waals surface area contributed by atoms with Crippen molar-refractivity contribution in [2.75, 3.05) is 6.61 Å². The predicted molar refractivity (Wildman–Crippen MR) is 82.5 cm³/mol. The number of ether oxygens (including phenoxy) is 2. The Bertz CT molecular complexity index is 564. The van der Waals surface area contributed by atoms with E-state index in [9.17, 15) is 5.11 Å². The van der Waals surface area contributed by atoms with Crippen molar-refractivity contribution >= 4 is 15.9 Å². The van der Waals surface area contributed by atoms with Gasteiger partial charge in [-0.05, 0) is 50.2 Å². The van der Waals surface area contributed by atoms with Crippen molar-refractivity contribution in [3.8, 4) is 17.2 Å². The van der Waals surface area contributed by atoms with Gasteiger partial charge < -0.3 is 14.6 Å². The first-order valence-corrected chi connectivity index (χ1v) is 7.27. The molecule has 2 aromatic carbocycles. The molecule has 0 aromatic heterocycles. The van der Waals surface area contributed by atoms with Crippen LogP contribution in [0.25, 0.3) is 0 Å². The summed E-state index contributed by atoms with van der Waals surface area (Å²) in [5.74, 6) is 2.15. The highest BCUT2D eigenvalue weighted by atomic mass is 79.9. The van der Waals surface area contributed by atoms with Crippen molar-refractivity contribution in [3.63, 3.8) is 0 Å². The minimum Gasteiger partial charge on any atom is -0.494 e. The molecule has 0 radical (unpaired) electrons. The highest BCUT2D eigenvalue weighted by molar-refractivity contribution is 9.10. The summed E-state index contributed by atoms with van der Waals surface area (Å²) < 4.78 is 12.1. The number of rotatable bonds is 5. The van der Waals surface area contributed by atoms with E-state index in [1.54, 1.807) is 6.92 Å². The molecule has 0 fully saturated rings. The number of hydrogen-bond donors (Lipinski definition) is 1. The largest absolute Gasteiger partial charge is 0.494 e. The Balaban J connectivity index is 2.22. The molecule has 0 amide bonds. The van der Waals surface area contributed by atoms with Crippen molar-refractivity contribution in [2.24, 2.45) is 0 Å². The van der Waals surface area contributed by atoms with Crippen LogP contribution in [0.15, 0.2) is 46.9 Å². The molecule has 106 valence electrons. The van der Waals surface area contributed by atoms with Gasteiger partial charge in [-0.3, -0.25) is 0 Å². The molecule has 2 aromatic rings. The second-order valence-electron chi connectivity index (χ2n) is 4.36. The van der Waals surface area contributed by atoms with E-state index < -0.39 is 6.10 Å². The Morgan fingerprint density at radius 3 is 2.35 bits per heavy atom. The molecule has 20 heavy (non-hydrogen) atoms. The molecule has 1 N–H and O–H groups in total. The average Bonchev–Trinajstić information content (AvgIpc) is 2.41. The maximum Gasteiger partial charge on any atom is 0.134 e. The van der Waals surface area contributed by atoms with E-state index in [1.807, 2.05) is 49.4 Å². The lowest BCUT2D eigenvalue weighted by atomic mass is 10.1. The summed E-state index contributed by atoms with van der Waals surface area (Å²) >= 11 is 3.41. The smallest absolute Gasteiger partial charge is 0.134 e. The van der Waals surface area contributed by atoms with Gasteiger partial charge in [-0.2, -0.15) is 0 Å². The van der Waals surface area contributed by atoms with E-state index in [1.165, 1.54) is 0 Å². The Hall–Kier alpha value is -1.52. The molecule has 1 atom stereocenters. The maximum atomic E-state index is 9.77. The molecule has 0 aliphatic heterocycles. The fourth-order valence-electron chi connectivity index (χ4n) is 1.84. The molecular weight excluding hydrogens is 320 g/mol. The number of halogens is 1. The van der Waals surface area contributed by atoms with Crippen LogP contribution in [0.2, 0.25) is 0 Å². The predicted octanol–water partition coefficient (Wildman–Crippen LogP) is 4.69. The Morgan fingerprint density at radius 2 is 1.75 bits per heavy atom. The normalized spacial score (nSPS) is 12.0. The summed E-state index contributed by atoms with van der Waals surface area (Å²) in [5.41, 5.74) is 0.752. The highest BCUT2D eigenvalue weighted by Gasteiger charge is 2.10. The second kappa shape index (κ2) is 6.77. The fourth-order valence-corrected chi connectivity index (χ4v) is 2.18. The second-order valence-corrected chi connectivity index (χ2v) is 5.28. The number of benzene rings is 2. The van der Waals surface area contributed by atoms with Gasteiger partial charge in [0, 0.05) is 10.0 Å². The molecular formula is C16H17BrO3. The van der Waals surface area contributed by atoms with Crippen LogP contribution in [0.5, 0.6) is 17.2 Å². The van der Waals surface area contributed by atoms with Crippen LogP contribution < -0.4 is 9.47 Å². The molecule has 0 spiro atoms. The minimum absolute atomic E-state index is 0.583. The van der Waals surface area contributed by atoms with Crippen LogP contribution in [-0.4, -0.2) is 11.7 Å². The summed E-state index contributed by atoms with van der Waals surface area (Å²) in [6, 6.07) is 13.0. The summed E-state index contributed by atoms with van der Waals surface area (Å²) in [7, 11) is 0. The van der Waals surface area contributed by atoms with Gasteiger partial charge in [-0.15, -0.1) is 0 Å². The Kier molecular flexibility index (Phi) is 5.04. The van der Waals surface area contributed by atoms with Crippen molar-refractivity contribution < 1.29 is 14.6 Å². The first-order valence-electron chi connectivity index (χ1n) is 6.48. The maximum absolute atomic E-state index is 9.77. The van der Waals surface area contributed by atoms with Gasteiger partial charge in [0.2, 0.25) is 0 Å². The summed E-state index contributed by atoms with van der Waals surface area (Å²) in [6.07, 6.45) is -0.583. The quantitative estimate of drug-likeness (QED) is 0.860. The first-order chi connectivity index (χ1) is 9.60. The van der Waals surface area contributed by atoms with E-state index in [0.29, 0.717) is 18.1 Å². The minimum atomic E-state index is -0.583. The fraction of sp³-hybridized carbons (Fsp3) is 0.250. The van der Waals surface area contributed by atoms with Crippen molar-refractivity contribution in [1.82, 2.24) is 0 Å². The number of aliphatic hydroxyl groups excluding tert-OH is 1. The lowest BCUT2D eigenvalue weighted by molar-refractivity contribution is 0.195. The van der Waals surface area contributed by atoms with Gasteiger partial charge in [-0.1, -0.05) is 22.0 Å². The molecule has 2 rings (SSSR count). The SMILES string of the molecule is CCOc1ccc(Oc2cc(Br)ccc2C(C)O)cc1. The summed E-state index contributed by atoms with van der Waals surface area (Å²) in [6.45, 7) is 4.30.